The number of aliphatic carboxylic acids is 1. The molecule has 0 aliphatic heterocycles. The van der Waals surface area contributed by atoms with Gasteiger partial charge >= 0.3 is 11.9 Å². The lowest BCUT2D eigenvalue weighted by Gasteiger charge is -2.04. The number of esters is 1. The minimum Gasteiger partial charge on any atom is -0.508 e. The van der Waals surface area contributed by atoms with E-state index in [2.05, 4.69) is 0 Å². The molecule has 0 radical (unpaired) electrons. The minimum atomic E-state index is -0.764. The minimum absolute atomic E-state index is 0.0636. The number of rotatable bonds is 9. The summed E-state index contributed by atoms with van der Waals surface area (Å²) < 4.78 is 5.08. The number of phenolic OH excluding ortho intramolecular Hbond substituents is 1. The average molecular weight is 280 g/mol. The maximum absolute atomic E-state index is 11.5. The van der Waals surface area contributed by atoms with Crippen molar-refractivity contribution in [2.45, 2.75) is 44.9 Å². The first-order valence-corrected chi connectivity index (χ1v) is 6.79. The first-order valence-electron chi connectivity index (χ1n) is 6.79. The van der Waals surface area contributed by atoms with Crippen LogP contribution < -0.4 is 4.74 Å². The summed E-state index contributed by atoms with van der Waals surface area (Å²) in [7, 11) is 0. The standard InChI is InChI=1S/C15H20O5/c16-12-7-6-8-13(11-12)20-15(19)10-5-3-1-2-4-9-14(17)18/h6-8,11,16H,1-5,9-10H2,(H,17,18). The highest BCUT2D eigenvalue weighted by molar-refractivity contribution is 5.72. The molecule has 1 aromatic rings. The van der Waals surface area contributed by atoms with Gasteiger partial charge in [-0.05, 0) is 25.0 Å². The molecule has 0 spiro atoms. The molecule has 0 atom stereocenters. The van der Waals surface area contributed by atoms with Crippen LogP contribution in [0.2, 0.25) is 0 Å². The average Bonchev–Trinajstić information content (AvgIpc) is 2.37. The third-order valence-corrected chi connectivity index (χ3v) is 2.82. The monoisotopic (exact) mass is 280 g/mol. The molecule has 2 N–H and O–H groups in total. The highest BCUT2D eigenvalue weighted by Crippen LogP contribution is 2.18. The number of aromatic hydroxyl groups is 1. The molecular weight excluding hydrogens is 260 g/mol. The molecule has 0 saturated heterocycles. The Labute approximate surface area is 118 Å². The van der Waals surface area contributed by atoms with E-state index in [0.717, 1.165) is 25.7 Å². The number of unbranched alkanes of at least 4 members (excludes halogenated alkanes) is 4. The third kappa shape index (κ3) is 7.41. The van der Waals surface area contributed by atoms with Gasteiger partial charge < -0.3 is 14.9 Å². The molecule has 0 bridgehead atoms. The van der Waals surface area contributed by atoms with Gasteiger partial charge in [-0.3, -0.25) is 9.59 Å². The maximum atomic E-state index is 11.5. The molecule has 0 amide bonds. The predicted molar refractivity (Wildman–Crippen MR) is 73.7 cm³/mol. The Morgan fingerprint density at radius 3 is 2.30 bits per heavy atom. The van der Waals surface area contributed by atoms with Crippen LogP contribution >= 0.6 is 0 Å². The van der Waals surface area contributed by atoms with E-state index in [4.69, 9.17) is 9.84 Å². The van der Waals surface area contributed by atoms with Crippen LogP contribution in [0, 0.1) is 0 Å². The molecule has 0 aliphatic carbocycles. The highest BCUT2D eigenvalue weighted by Gasteiger charge is 2.05. The van der Waals surface area contributed by atoms with Crippen LogP contribution in [0.4, 0.5) is 0 Å². The summed E-state index contributed by atoms with van der Waals surface area (Å²) in [6.07, 6.45) is 4.62. The van der Waals surface area contributed by atoms with E-state index in [-0.39, 0.29) is 18.1 Å². The van der Waals surface area contributed by atoms with Crippen molar-refractivity contribution in [1.82, 2.24) is 0 Å². The van der Waals surface area contributed by atoms with Gasteiger partial charge in [0, 0.05) is 18.9 Å². The summed E-state index contributed by atoms with van der Waals surface area (Å²) in [4.78, 5) is 21.8. The Morgan fingerprint density at radius 2 is 1.65 bits per heavy atom. The Hall–Kier alpha value is -2.04. The molecule has 0 saturated carbocycles. The van der Waals surface area contributed by atoms with Gasteiger partial charge in [0.05, 0.1) is 0 Å². The van der Waals surface area contributed by atoms with E-state index in [1.165, 1.54) is 12.1 Å². The number of hydrogen-bond acceptors (Lipinski definition) is 4. The number of phenols is 1. The Balaban J connectivity index is 2.07. The molecule has 0 heterocycles. The molecule has 0 unspecified atom stereocenters. The van der Waals surface area contributed by atoms with E-state index in [0.29, 0.717) is 18.6 Å². The SMILES string of the molecule is O=C(O)CCCCCCCC(=O)Oc1cccc(O)c1. The fourth-order valence-corrected chi connectivity index (χ4v) is 1.81. The van der Waals surface area contributed by atoms with Crippen molar-refractivity contribution in [2.24, 2.45) is 0 Å². The quantitative estimate of drug-likeness (QED) is 0.412. The molecule has 1 rings (SSSR count). The molecule has 0 aromatic heterocycles. The molecule has 5 nitrogen and oxygen atoms in total. The lowest BCUT2D eigenvalue weighted by Crippen LogP contribution is -2.07. The van der Waals surface area contributed by atoms with Crippen LogP contribution in [0.15, 0.2) is 24.3 Å². The summed E-state index contributed by atoms with van der Waals surface area (Å²) in [5, 5.41) is 17.7. The fraction of sp³-hybridized carbons (Fsp3) is 0.467. The highest BCUT2D eigenvalue weighted by atomic mass is 16.5. The van der Waals surface area contributed by atoms with Gasteiger partial charge in [0.15, 0.2) is 0 Å². The van der Waals surface area contributed by atoms with Crippen molar-refractivity contribution in [3.63, 3.8) is 0 Å². The van der Waals surface area contributed by atoms with Crippen LogP contribution in [0.1, 0.15) is 44.9 Å². The number of hydrogen-bond donors (Lipinski definition) is 2. The van der Waals surface area contributed by atoms with E-state index in [9.17, 15) is 14.7 Å². The largest absolute Gasteiger partial charge is 0.508 e. The van der Waals surface area contributed by atoms with Gasteiger partial charge in [0.25, 0.3) is 0 Å². The summed E-state index contributed by atoms with van der Waals surface area (Å²) in [6.45, 7) is 0. The van der Waals surface area contributed by atoms with Crippen molar-refractivity contribution in [1.29, 1.82) is 0 Å². The molecule has 110 valence electrons. The Kier molecular flexibility index (Phi) is 7.17. The van der Waals surface area contributed by atoms with Crippen LogP contribution in [0.3, 0.4) is 0 Å². The molecule has 5 heteroatoms. The molecule has 20 heavy (non-hydrogen) atoms. The van der Waals surface area contributed by atoms with Crippen LogP contribution in [-0.2, 0) is 9.59 Å². The second kappa shape index (κ2) is 8.96. The smallest absolute Gasteiger partial charge is 0.311 e. The molecule has 0 aliphatic rings. The van der Waals surface area contributed by atoms with Crippen LogP contribution in [0.25, 0.3) is 0 Å². The second-order valence-electron chi connectivity index (χ2n) is 4.63. The molecule has 1 aromatic carbocycles. The topological polar surface area (TPSA) is 83.8 Å². The summed E-state index contributed by atoms with van der Waals surface area (Å²) in [5.74, 6) is -0.675. The van der Waals surface area contributed by atoms with Crippen LogP contribution in [-0.4, -0.2) is 22.2 Å². The van der Waals surface area contributed by atoms with Crippen molar-refractivity contribution >= 4 is 11.9 Å². The molecule has 0 fully saturated rings. The zero-order valence-corrected chi connectivity index (χ0v) is 11.4. The van der Waals surface area contributed by atoms with Crippen molar-refractivity contribution < 1.29 is 24.5 Å². The first kappa shape index (κ1) is 16.0. The lowest BCUT2D eigenvalue weighted by atomic mass is 10.1. The van der Waals surface area contributed by atoms with E-state index < -0.39 is 5.97 Å². The van der Waals surface area contributed by atoms with E-state index >= 15 is 0 Å². The third-order valence-electron chi connectivity index (χ3n) is 2.82. The van der Waals surface area contributed by atoms with E-state index in [1.807, 2.05) is 0 Å². The van der Waals surface area contributed by atoms with Gasteiger partial charge in [-0.15, -0.1) is 0 Å². The number of carboxylic acids is 1. The predicted octanol–water partition coefficient (Wildman–Crippen LogP) is 3.11. The fourth-order valence-electron chi connectivity index (χ4n) is 1.81. The van der Waals surface area contributed by atoms with Crippen LogP contribution in [0.5, 0.6) is 11.5 Å². The van der Waals surface area contributed by atoms with E-state index in [1.54, 1.807) is 12.1 Å². The van der Waals surface area contributed by atoms with Crippen molar-refractivity contribution in [3.05, 3.63) is 24.3 Å². The zero-order chi connectivity index (χ0) is 14.8. The van der Waals surface area contributed by atoms with Crippen molar-refractivity contribution in [3.8, 4) is 11.5 Å². The summed E-state index contributed by atoms with van der Waals surface area (Å²) in [6, 6.07) is 6.13. The lowest BCUT2D eigenvalue weighted by molar-refractivity contribution is -0.137. The maximum Gasteiger partial charge on any atom is 0.311 e. The van der Waals surface area contributed by atoms with Gasteiger partial charge in [-0.25, -0.2) is 0 Å². The Bertz CT molecular complexity index is 442. The normalized spacial score (nSPS) is 10.2. The van der Waals surface area contributed by atoms with Gasteiger partial charge in [0.2, 0.25) is 0 Å². The number of benzene rings is 1. The summed E-state index contributed by atoms with van der Waals surface area (Å²) in [5.41, 5.74) is 0. The number of carbonyl (C=O) groups excluding carboxylic acids is 1. The zero-order valence-electron chi connectivity index (χ0n) is 11.4. The summed E-state index contributed by atoms with van der Waals surface area (Å²) >= 11 is 0. The van der Waals surface area contributed by atoms with Gasteiger partial charge in [-0.1, -0.05) is 25.3 Å². The Morgan fingerprint density at radius 1 is 1.00 bits per heavy atom. The van der Waals surface area contributed by atoms with Gasteiger partial charge in [-0.2, -0.15) is 0 Å². The number of ether oxygens (including phenoxy) is 1. The number of carbonyl (C=O) groups is 2. The second-order valence-corrected chi connectivity index (χ2v) is 4.63. The number of carboxylic acid groups (broad SMARTS) is 1. The van der Waals surface area contributed by atoms with Gasteiger partial charge in [0.1, 0.15) is 11.5 Å². The molecular formula is C15H20O5. The van der Waals surface area contributed by atoms with Crippen molar-refractivity contribution in [2.75, 3.05) is 0 Å². The first-order chi connectivity index (χ1) is 9.58.